The van der Waals surface area contributed by atoms with E-state index >= 15 is 0 Å². The molecule has 4 fully saturated rings. The third-order valence-corrected chi connectivity index (χ3v) is 8.85. The molecule has 170 valence electrons. The van der Waals surface area contributed by atoms with Gasteiger partial charge >= 0.3 is 11.9 Å². The lowest BCUT2D eigenvalue weighted by Crippen LogP contribution is -2.84. The molecule has 1 N–H and O–H groups in total. The van der Waals surface area contributed by atoms with Crippen LogP contribution in [-0.4, -0.2) is 61.9 Å². The topological polar surface area (TPSA) is 86.3 Å². The van der Waals surface area contributed by atoms with Crippen LogP contribution in [0.15, 0.2) is 35.9 Å². The van der Waals surface area contributed by atoms with Gasteiger partial charge in [-0.15, -0.1) is 0 Å². The molecule has 0 unspecified atom stereocenters. The van der Waals surface area contributed by atoms with E-state index in [0.717, 1.165) is 16.8 Å². The molecule has 1 saturated carbocycles. The number of esters is 2. The predicted octanol–water partition coefficient (Wildman–Crippen LogP) is 2.15. The van der Waals surface area contributed by atoms with Crippen molar-refractivity contribution >= 4 is 17.6 Å². The van der Waals surface area contributed by atoms with E-state index < -0.39 is 28.2 Å². The van der Waals surface area contributed by atoms with Crippen molar-refractivity contribution in [1.82, 2.24) is 4.90 Å². The molecule has 1 aliphatic carbocycles. The Morgan fingerprint density at radius 3 is 2.75 bits per heavy atom. The molecule has 0 amide bonds. The average Bonchev–Trinajstić information content (AvgIpc) is 3.39. The fraction of sp³-hybridized carbons (Fsp3) is 0.583. The third kappa shape index (κ3) is 1.78. The summed E-state index contributed by atoms with van der Waals surface area (Å²) >= 11 is 0. The van der Waals surface area contributed by atoms with Crippen LogP contribution in [0.1, 0.15) is 32.3 Å². The number of benzene rings is 1. The van der Waals surface area contributed by atoms with Crippen molar-refractivity contribution in [3.05, 3.63) is 41.5 Å². The van der Waals surface area contributed by atoms with E-state index in [4.69, 9.17) is 18.9 Å². The van der Waals surface area contributed by atoms with E-state index in [2.05, 4.69) is 22.4 Å². The van der Waals surface area contributed by atoms with Gasteiger partial charge in [0.05, 0.1) is 12.5 Å². The van der Waals surface area contributed by atoms with E-state index in [1.54, 1.807) is 7.11 Å². The molecule has 32 heavy (non-hydrogen) atoms. The molecule has 0 radical (unpaired) electrons. The number of piperidine rings is 2. The number of allylic oxidation sites excluding steroid dienone is 1. The van der Waals surface area contributed by atoms with Crippen LogP contribution in [0.5, 0.6) is 0 Å². The number of rotatable bonds is 4. The zero-order chi connectivity index (χ0) is 22.5. The first-order valence-corrected chi connectivity index (χ1v) is 11.1. The summed E-state index contributed by atoms with van der Waals surface area (Å²) in [5.74, 6) is -1.04. The van der Waals surface area contributed by atoms with Crippen molar-refractivity contribution in [2.45, 2.75) is 49.8 Å². The average molecular weight is 440 g/mol. The molecular formula is C24H28N2O6. The largest absolute Gasteiger partial charge is 0.468 e. The summed E-state index contributed by atoms with van der Waals surface area (Å²) in [6, 6.07) is 8.01. The highest BCUT2D eigenvalue weighted by Crippen LogP contribution is 2.79. The molecule has 6 atom stereocenters. The van der Waals surface area contributed by atoms with Gasteiger partial charge < -0.3 is 24.3 Å². The molecule has 0 aromatic heterocycles. The van der Waals surface area contributed by atoms with Gasteiger partial charge in [-0.2, -0.15) is 0 Å². The van der Waals surface area contributed by atoms with Crippen molar-refractivity contribution in [1.29, 1.82) is 0 Å². The zero-order valence-corrected chi connectivity index (χ0v) is 18.8. The van der Waals surface area contributed by atoms with Gasteiger partial charge in [0.1, 0.15) is 18.2 Å². The molecule has 4 aliphatic heterocycles. The van der Waals surface area contributed by atoms with Crippen LogP contribution in [0.25, 0.3) is 0 Å². The highest BCUT2D eigenvalue weighted by atomic mass is 16.6. The van der Waals surface area contributed by atoms with Crippen LogP contribution >= 0.6 is 0 Å². The second-order valence-corrected chi connectivity index (χ2v) is 9.51. The normalized spacial score (nSPS) is 43.7. The SMILES string of the molecule is CC=C1CN2[C@@H]3C[C@@]45c6ccccc6N[C@]4(O3)[C@]2(OC)C[C@@H]1[C@@]5(COC(C)=O)C(=O)OC. The summed E-state index contributed by atoms with van der Waals surface area (Å²) in [4.78, 5) is 28.3. The van der Waals surface area contributed by atoms with E-state index in [9.17, 15) is 9.59 Å². The molecule has 1 spiro atoms. The van der Waals surface area contributed by atoms with Crippen LogP contribution in [0.2, 0.25) is 0 Å². The van der Waals surface area contributed by atoms with Crippen molar-refractivity contribution in [3.63, 3.8) is 0 Å². The molecule has 1 aromatic carbocycles. The van der Waals surface area contributed by atoms with Gasteiger partial charge in [-0.1, -0.05) is 29.8 Å². The quantitative estimate of drug-likeness (QED) is 0.563. The Morgan fingerprint density at radius 1 is 1.28 bits per heavy atom. The van der Waals surface area contributed by atoms with Gasteiger partial charge in [0.15, 0.2) is 11.4 Å². The number of methoxy groups -OCH3 is 2. The maximum atomic E-state index is 14.0. The van der Waals surface area contributed by atoms with Gasteiger partial charge in [-0.25, -0.2) is 4.90 Å². The minimum atomic E-state index is -1.17. The summed E-state index contributed by atoms with van der Waals surface area (Å²) in [6.07, 6.45) is 2.93. The Hall–Kier alpha value is -2.42. The monoisotopic (exact) mass is 440 g/mol. The second kappa shape index (κ2) is 6.12. The smallest absolute Gasteiger partial charge is 0.317 e. The zero-order valence-electron chi connectivity index (χ0n) is 18.8. The highest BCUT2D eigenvalue weighted by molar-refractivity contribution is 5.86. The number of nitrogens with zero attached hydrogens (tertiary/aromatic N) is 1. The standard InChI is InChI=1S/C24H28N2O6/c1-5-15-12-26-19-11-22-16-8-6-7-9-18(16)25-24(22,32-19)23(26,30-4)10-17(15)21(22,20(28)29-3)13-31-14(2)27/h5-9,17,19,25H,10-13H2,1-4H3/t17-,19-,21-,22-,23+,24+/m0/s1. The Bertz CT molecular complexity index is 1070. The molecular weight excluding hydrogens is 412 g/mol. The molecule has 6 rings (SSSR count). The molecule has 8 nitrogen and oxygen atoms in total. The molecule has 5 aliphatic rings. The Balaban J connectivity index is 1.73. The van der Waals surface area contributed by atoms with E-state index in [1.807, 2.05) is 25.1 Å². The molecule has 8 heteroatoms. The fourth-order valence-corrected chi connectivity index (χ4v) is 7.84. The van der Waals surface area contributed by atoms with E-state index in [0.29, 0.717) is 19.4 Å². The fourth-order valence-electron chi connectivity index (χ4n) is 7.84. The van der Waals surface area contributed by atoms with Crippen LogP contribution < -0.4 is 5.32 Å². The number of carbonyl (C=O) groups excluding carboxylic acids is 2. The number of carbonyl (C=O) groups is 2. The summed E-state index contributed by atoms with van der Waals surface area (Å²) in [5, 5.41) is 3.67. The van der Waals surface area contributed by atoms with Gasteiger partial charge in [0.2, 0.25) is 0 Å². The van der Waals surface area contributed by atoms with Crippen molar-refractivity contribution in [3.8, 4) is 0 Å². The number of hydrogen-bond donors (Lipinski definition) is 1. The minimum Gasteiger partial charge on any atom is -0.468 e. The first-order valence-electron chi connectivity index (χ1n) is 11.1. The Labute approximate surface area is 186 Å². The molecule has 1 aromatic rings. The number of anilines is 1. The van der Waals surface area contributed by atoms with Crippen LogP contribution in [0.4, 0.5) is 5.69 Å². The number of hydrogen-bond acceptors (Lipinski definition) is 8. The lowest BCUT2D eigenvalue weighted by molar-refractivity contribution is -0.278. The first-order chi connectivity index (χ1) is 15.4. The Morgan fingerprint density at radius 2 is 2.06 bits per heavy atom. The second-order valence-electron chi connectivity index (χ2n) is 9.51. The molecule has 4 bridgehead atoms. The minimum absolute atomic E-state index is 0.0787. The summed E-state index contributed by atoms with van der Waals surface area (Å²) < 4.78 is 24.4. The van der Waals surface area contributed by atoms with Crippen molar-refractivity contribution < 1.29 is 28.5 Å². The van der Waals surface area contributed by atoms with Crippen LogP contribution in [-0.2, 0) is 34.0 Å². The maximum Gasteiger partial charge on any atom is 0.317 e. The van der Waals surface area contributed by atoms with Crippen LogP contribution in [0, 0.1) is 11.3 Å². The summed E-state index contributed by atoms with van der Waals surface area (Å²) in [6.45, 7) is 3.91. The Kier molecular flexibility index (Phi) is 3.87. The van der Waals surface area contributed by atoms with Gasteiger partial charge in [0, 0.05) is 45.0 Å². The van der Waals surface area contributed by atoms with E-state index in [1.165, 1.54) is 14.0 Å². The number of fused-ring (bicyclic) bond motifs is 4. The maximum absolute atomic E-state index is 14.0. The lowest BCUT2D eigenvalue weighted by Gasteiger charge is -2.68. The molecule has 3 saturated heterocycles. The van der Waals surface area contributed by atoms with Crippen LogP contribution in [0.3, 0.4) is 0 Å². The van der Waals surface area contributed by atoms with Gasteiger partial charge in [-0.05, 0) is 18.6 Å². The number of ether oxygens (including phenoxy) is 4. The summed E-state index contributed by atoms with van der Waals surface area (Å²) in [5.41, 5.74) is -0.764. The van der Waals surface area contributed by atoms with Crippen molar-refractivity contribution in [2.75, 3.05) is 32.7 Å². The first kappa shape index (κ1) is 20.2. The third-order valence-electron chi connectivity index (χ3n) is 8.85. The number of nitrogens with one attached hydrogen (secondary N) is 1. The molecule has 4 heterocycles. The van der Waals surface area contributed by atoms with Gasteiger partial charge in [0.25, 0.3) is 0 Å². The lowest BCUT2D eigenvalue weighted by atomic mass is 9.41. The highest BCUT2D eigenvalue weighted by Gasteiger charge is 2.92. The van der Waals surface area contributed by atoms with Crippen molar-refractivity contribution in [2.24, 2.45) is 11.3 Å². The van der Waals surface area contributed by atoms with Gasteiger partial charge in [-0.3, -0.25) is 9.59 Å². The van der Waals surface area contributed by atoms with E-state index in [-0.39, 0.29) is 24.7 Å². The number of para-hydroxylation sites is 1. The summed E-state index contributed by atoms with van der Waals surface area (Å²) in [7, 11) is 3.13. The predicted molar refractivity (Wildman–Crippen MR) is 113 cm³/mol.